The Hall–Kier alpha value is -2.77. The Labute approximate surface area is 135 Å². The van der Waals surface area contributed by atoms with Crippen molar-refractivity contribution in [1.82, 2.24) is 14.8 Å². The number of rotatable bonds is 3. The second-order valence-electron chi connectivity index (χ2n) is 5.12. The highest BCUT2D eigenvalue weighted by Gasteiger charge is 2.34. The van der Waals surface area contributed by atoms with Gasteiger partial charge in [0.1, 0.15) is 11.5 Å². The van der Waals surface area contributed by atoms with E-state index in [0.717, 1.165) is 12.3 Å². The van der Waals surface area contributed by atoms with Crippen molar-refractivity contribution in [3.8, 4) is 22.8 Å². The van der Waals surface area contributed by atoms with Crippen LogP contribution >= 0.6 is 0 Å². The van der Waals surface area contributed by atoms with E-state index in [1.54, 1.807) is 25.2 Å². The molecule has 24 heavy (non-hydrogen) atoms. The van der Waals surface area contributed by atoms with E-state index in [1.165, 1.54) is 18.9 Å². The lowest BCUT2D eigenvalue weighted by Gasteiger charge is -2.13. The molecule has 126 valence electrons. The Kier molecular flexibility index (Phi) is 3.82. The average molecular weight is 337 g/mol. The van der Waals surface area contributed by atoms with Gasteiger partial charge in [-0.25, -0.2) is 4.98 Å². The lowest BCUT2D eigenvalue weighted by atomic mass is 10.1. The molecule has 0 fully saturated rings. The van der Waals surface area contributed by atoms with Crippen LogP contribution in [0.4, 0.5) is 13.2 Å². The van der Waals surface area contributed by atoms with Gasteiger partial charge in [0.2, 0.25) is 0 Å². The molecule has 0 aliphatic carbocycles. The van der Waals surface area contributed by atoms with Gasteiger partial charge in [0, 0.05) is 12.6 Å². The third kappa shape index (κ3) is 2.64. The Balaban J connectivity index is 2.33. The molecule has 2 heterocycles. The number of methoxy groups -OCH3 is 2. The van der Waals surface area contributed by atoms with E-state index >= 15 is 0 Å². The third-order valence-corrected chi connectivity index (χ3v) is 3.69. The van der Waals surface area contributed by atoms with Crippen LogP contribution in [0.15, 0.2) is 30.5 Å². The van der Waals surface area contributed by atoms with E-state index in [0.29, 0.717) is 17.1 Å². The van der Waals surface area contributed by atoms with Crippen LogP contribution < -0.4 is 9.47 Å². The van der Waals surface area contributed by atoms with Crippen molar-refractivity contribution in [3.63, 3.8) is 0 Å². The number of benzene rings is 1. The number of alkyl halides is 3. The van der Waals surface area contributed by atoms with Gasteiger partial charge < -0.3 is 9.47 Å². The summed E-state index contributed by atoms with van der Waals surface area (Å²) in [5.41, 5.74) is -0.107. The van der Waals surface area contributed by atoms with Crippen molar-refractivity contribution in [2.24, 2.45) is 7.05 Å². The molecule has 2 aromatic heterocycles. The zero-order valence-corrected chi connectivity index (χ0v) is 13.2. The Morgan fingerprint density at radius 3 is 2.46 bits per heavy atom. The predicted octanol–water partition coefficient (Wildman–Crippen LogP) is 3.67. The molecule has 0 saturated heterocycles. The molecule has 0 atom stereocenters. The van der Waals surface area contributed by atoms with Crippen molar-refractivity contribution in [2.45, 2.75) is 6.18 Å². The van der Waals surface area contributed by atoms with Gasteiger partial charge in [-0.1, -0.05) is 0 Å². The van der Waals surface area contributed by atoms with Crippen molar-refractivity contribution < 1.29 is 22.6 Å². The average Bonchev–Trinajstić information content (AvgIpc) is 2.93. The summed E-state index contributed by atoms with van der Waals surface area (Å²) in [6, 6.07) is 5.87. The van der Waals surface area contributed by atoms with Crippen LogP contribution in [0, 0.1) is 0 Å². The normalized spacial score (nSPS) is 11.8. The maximum absolute atomic E-state index is 13.4. The van der Waals surface area contributed by atoms with E-state index in [4.69, 9.17) is 9.47 Å². The smallest absolute Gasteiger partial charge is 0.417 e. The van der Waals surface area contributed by atoms with Gasteiger partial charge in [0.25, 0.3) is 0 Å². The number of hydrogen-bond donors (Lipinski definition) is 0. The fourth-order valence-corrected chi connectivity index (χ4v) is 2.50. The highest BCUT2D eigenvalue weighted by molar-refractivity contribution is 5.84. The Morgan fingerprint density at radius 1 is 1.08 bits per heavy atom. The van der Waals surface area contributed by atoms with E-state index in [1.807, 2.05) is 0 Å². The molecule has 0 spiro atoms. The van der Waals surface area contributed by atoms with Crippen LogP contribution in [-0.2, 0) is 13.2 Å². The number of aryl methyl sites for hydroxylation is 1. The number of aromatic nitrogens is 3. The van der Waals surface area contributed by atoms with E-state index in [2.05, 4.69) is 10.1 Å². The van der Waals surface area contributed by atoms with Gasteiger partial charge in [-0.2, -0.15) is 18.3 Å². The lowest BCUT2D eigenvalue weighted by molar-refractivity contribution is -0.136. The first-order chi connectivity index (χ1) is 11.3. The summed E-state index contributed by atoms with van der Waals surface area (Å²) in [6.07, 6.45) is -3.36. The maximum atomic E-state index is 13.4. The summed E-state index contributed by atoms with van der Waals surface area (Å²) >= 11 is 0. The highest BCUT2D eigenvalue weighted by atomic mass is 19.4. The van der Waals surface area contributed by atoms with Gasteiger partial charge >= 0.3 is 6.18 Å². The Morgan fingerprint density at radius 2 is 1.83 bits per heavy atom. The maximum Gasteiger partial charge on any atom is 0.417 e. The molecule has 0 N–H and O–H groups in total. The number of halogens is 3. The van der Waals surface area contributed by atoms with Crippen LogP contribution in [0.3, 0.4) is 0 Å². The van der Waals surface area contributed by atoms with E-state index in [9.17, 15) is 13.2 Å². The number of ether oxygens (including phenoxy) is 2. The minimum absolute atomic E-state index is 0.0457. The Bertz CT molecular complexity index is 903. The standard InChI is InChI=1S/C16H14F3N3O2/c1-22-15-11(8-20-22)12(16(17,18)19)7-13(21-15)10-6-9(23-2)4-5-14(10)24-3/h4-8H,1-3H3. The van der Waals surface area contributed by atoms with Crippen LogP contribution in [0.2, 0.25) is 0 Å². The van der Waals surface area contributed by atoms with Crippen LogP contribution in [0.25, 0.3) is 22.3 Å². The van der Waals surface area contributed by atoms with E-state index < -0.39 is 11.7 Å². The van der Waals surface area contributed by atoms with Gasteiger partial charge in [0.05, 0.1) is 37.1 Å². The molecule has 0 bridgehead atoms. The molecule has 0 unspecified atom stereocenters. The van der Waals surface area contributed by atoms with E-state index in [-0.39, 0.29) is 16.7 Å². The molecular formula is C16H14F3N3O2. The zero-order valence-electron chi connectivity index (χ0n) is 13.2. The molecule has 3 aromatic rings. The second kappa shape index (κ2) is 5.70. The predicted molar refractivity (Wildman–Crippen MR) is 82.1 cm³/mol. The van der Waals surface area contributed by atoms with Crippen LogP contribution in [0.5, 0.6) is 11.5 Å². The fourth-order valence-electron chi connectivity index (χ4n) is 2.50. The van der Waals surface area contributed by atoms with Crippen molar-refractivity contribution in [2.75, 3.05) is 14.2 Å². The first kappa shape index (κ1) is 16.1. The minimum Gasteiger partial charge on any atom is -0.497 e. The molecule has 1 aromatic carbocycles. The molecule has 0 radical (unpaired) electrons. The first-order valence-electron chi connectivity index (χ1n) is 6.97. The first-order valence-corrected chi connectivity index (χ1v) is 6.97. The van der Waals surface area contributed by atoms with Crippen LogP contribution in [-0.4, -0.2) is 29.0 Å². The van der Waals surface area contributed by atoms with Crippen molar-refractivity contribution in [1.29, 1.82) is 0 Å². The monoisotopic (exact) mass is 337 g/mol. The second-order valence-corrected chi connectivity index (χ2v) is 5.12. The largest absolute Gasteiger partial charge is 0.497 e. The molecule has 0 aliphatic heterocycles. The van der Waals surface area contributed by atoms with Gasteiger partial charge in [-0.05, 0) is 24.3 Å². The summed E-state index contributed by atoms with van der Waals surface area (Å²) in [5, 5.41) is 3.83. The molecular weight excluding hydrogens is 323 g/mol. The fraction of sp³-hybridized carbons (Fsp3) is 0.250. The van der Waals surface area contributed by atoms with Gasteiger partial charge in [-0.15, -0.1) is 0 Å². The van der Waals surface area contributed by atoms with Crippen molar-refractivity contribution >= 4 is 11.0 Å². The summed E-state index contributed by atoms with van der Waals surface area (Å²) in [7, 11) is 4.46. The summed E-state index contributed by atoms with van der Waals surface area (Å²) < 4.78 is 52.0. The topological polar surface area (TPSA) is 49.2 Å². The molecule has 0 saturated carbocycles. The molecule has 5 nitrogen and oxygen atoms in total. The third-order valence-electron chi connectivity index (χ3n) is 3.69. The minimum atomic E-state index is -4.52. The SMILES string of the molecule is COc1ccc(OC)c(-c2cc(C(F)(F)F)c3cnn(C)c3n2)c1. The number of nitrogens with zero attached hydrogens (tertiary/aromatic N) is 3. The van der Waals surface area contributed by atoms with Crippen molar-refractivity contribution in [3.05, 3.63) is 36.0 Å². The molecule has 0 amide bonds. The highest BCUT2D eigenvalue weighted by Crippen LogP contribution is 2.39. The summed E-state index contributed by atoms with van der Waals surface area (Å²) in [6.45, 7) is 0. The molecule has 0 aliphatic rings. The van der Waals surface area contributed by atoms with Gasteiger partial charge in [0.15, 0.2) is 5.65 Å². The van der Waals surface area contributed by atoms with Gasteiger partial charge in [-0.3, -0.25) is 4.68 Å². The summed E-state index contributed by atoms with van der Waals surface area (Å²) in [5.74, 6) is 0.893. The lowest BCUT2D eigenvalue weighted by Crippen LogP contribution is -2.07. The molecule has 3 rings (SSSR count). The quantitative estimate of drug-likeness (QED) is 0.732. The number of hydrogen-bond acceptors (Lipinski definition) is 4. The van der Waals surface area contributed by atoms with Crippen LogP contribution in [0.1, 0.15) is 5.56 Å². The number of pyridine rings is 1. The summed E-state index contributed by atoms with van der Waals surface area (Å²) in [4.78, 5) is 4.33. The zero-order chi connectivity index (χ0) is 17.5. The molecule has 8 heteroatoms. The number of fused-ring (bicyclic) bond motifs is 1.